The van der Waals surface area contributed by atoms with E-state index in [2.05, 4.69) is 41.6 Å². The van der Waals surface area contributed by atoms with Gasteiger partial charge in [0.25, 0.3) is 0 Å². The molecule has 0 aliphatic rings. The van der Waals surface area contributed by atoms with E-state index in [1.54, 1.807) is 0 Å². The first kappa shape index (κ1) is 12.3. The first-order chi connectivity index (χ1) is 7.04. The normalized spacial score (nSPS) is 12.6. The van der Waals surface area contributed by atoms with Crippen LogP contribution in [0.5, 0.6) is 5.75 Å². The average Bonchev–Trinajstić information content (AvgIpc) is 2.19. The fourth-order valence-corrected chi connectivity index (χ4v) is 1.78. The molecular weight excluding hydrogens is 252 g/mol. The molecule has 0 saturated heterocycles. The minimum atomic E-state index is 0.198. The Kier molecular flexibility index (Phi) is 4.40. The molecule has 0 amide bonds. The third kappa shape index (κ3) is 3.38. The minimum Gasteiger partial charge on any atom is -0.490 e. The first-order valence-corrected chi connectivity index (χ1v) is 5.92. The fraction of sp³-hybridized carbons (Fsp3) is 0.385. The summed E-state index contributed by atoms with van der Waals surface area (Å²) < 4.78 is 6.64. The predicted octanol–water partition coefficient (Wildman–Crippen LogP) is 4.53. The molecule has 0 heterocycles. The lowest BCUT2D eigenvalue weighted by atomic mass is 10.0. The van der Waals surface area contributed by atoms with Crippen LogP contribution in [0.3, 0.4) is 0 Å². The maximum absolute atomic E-state index is 5.64. The Morgan fingerprint density at radius 3 is 2.47 bits per heavy atom. The molecule has 0 aromatic heterocycles. The van der Waals surface area contributed by atoms with E-state index in [0.717, 1.165) is 10.2 Å². The van der Waals surface area contributed by atoms with Crippen LogP contribution < -0.4 is 4.74 Å². The van der Waals surface area contributed by atoms with E-state index in [1.165, 1.54) is 5.56 Å². The minimum absolute atomic E-state index is 0.198. The van der Waals surface area contributed by atoms with Crippen LogP contribution >= 0.6 is 15.9 Å². The van der Waals surface area contributed by atoms with Crippen molar-refractivity contribution < 1.29 is 4.74 Å². The van der Waals surface area contributed by atoms with E-state index in [4.69, 9.17) is 4.74 Å². The maximum Gasteiger partial charge on any atom is 0.133 e. The number of ether oxygens (including phenoxy) is 1. The third-order valence-corrected chi connectivity index (χ3v) is 2.82. The van der Waals surface area contributed by atoms with Crippen LogP contribution in [0, 0.1) is 0 Å². The highest BCUT2D eigenvalue weighted by Gasteiger charge is 2.07. The number of allylic oxidation sites excluding steroid dienone is 1. The van der Waals surface area contributed by atoms with Gasteiger partial charge in [-0.25, -0.2) is 0 Å². The van der Waals surface area contributed by atoms with Crippen LogP contribution in [-0.4, -0.2) is 6.10 Å². The monoisotopic (exact) mass is 268 g/mol. The SMILES string of the molecule is C=CC(C)c1ccc(OC(C)C)c(Br)c1. The topological polar surface area (TPSA) is 9.23 Å². The zero-order valence-electron chi connectivity index (χ0n) is 9.46. The molecule has 1 atom stereocenters. The average molecular weight is 269 g/mol. The molecule has 82 valence electrons. The van der Waals surface area contributed by atoms with Gasteiger partial charge in [-0.15, -0.1) is 6.58 Å². The Labute approximate surface area is 100 Å². The highest BCUT2D eigenvalue weighted by Crippen LogP contribution is 2.29. The molecular formula is C13H17BrO. The largest absolute Gasteiger partial charge is 0.490 e. The van der Waals surface area contributed by atoms with Gasteiger partial charge in [0.15, 0.2) is 0 Å². The van der Waals surface area contributed by atoms with Crippen LogP contribution in [0.4, 0.5) is 0 Å². The second-order valence-corrected chi connectivity index (χ2v) is 4.74. The third-order valence-electron chi connectivity index (χ3n) is 2.20. The first-order valence-electron chi connectivity index (χ1n) is 5.13. The predicted molar refractivity (Wildman–Crippen MR) is 68.5 cm³/mol. The molecule has 0 bridgehead atoms. The Morgan fingerprint density at radius 1 is 1.33 bits per heavy atom. The van der Waals surface area contributed by atoms with Gasteiger partial charge in [0.1, 0.15) is 5.75 Å². The van der Waals surface area contributed by atoms with Crippen LogP contribution in [0.25, 0.3) is 0 Å². The van der Waals surface area contributed by atoms with Crippen LogP contribution in [0.1, 0.15) is 32.3 Å². The van der Waals surface area contributed by atoms with Crippen LogP contribution in [-0.2, 0) is 0 Å². The number of benzene rings is 1. The van der Waals surface area contributed by atoms with E-state index in [1.807, 2.05) is 26.0 Å². The van der Waals surface area contributed by atoms with Gasteiger partial charge in [-0.2, -0.15) is 0 Å². The molecule has 0 fully saturated rings. The summed E-state index contributed by atoms with van der Waals surface area (Å²) in [4.78, 5) is 0. The summed E-state index contributed by atoms with van der Waals surface area (Å²) in [5, 5.41) is 0. The summed E-state index contributed by atoms with van der Waals surface area (Å²) in [6, 6.07) is 6.16. The molecule has 0 aliphatic carbocycles. The quantitative estimate of drug-likeness (QED) is 0.730. The standard InChI is InChI=1S/C13H17BrO/c1-5-10(4)11-6-7-13(12(14)8-11)15-9(2)3/h5-10H,1H2,2-4H3. The Bertz CT molecular complexity index is 344. The molecule has 0 spiro atoms. The van der Waals surface area contributed by atoms with E-state index in [0.29, 0.717) is 5.92 Å². The fourth-order valence-electron chi connectivity index (χ4n) is 1.29. The van der Waals surface area contributed by atoms with E-state index in [9.17, 15) is 0 Å². The van der Waals surface area contributed by atoms with Crippen molar-refractivity contribution in [2.45, 2.75) is 32.8 Å². The molecule has 2 heteroatoms. The Hall–Kier alpha value is -0.760. The maximum atomic E-state index is 5.64. The van der Waals surface area contributed by atoms with Crippen molar-refractivity contribution >= 4 is 15.9 Å². The number of hydrogen-bond acceptors (Lipinski definition) is 1. The van der Waals surface area contributed by atoms with Gasteiger partial charge in [-0.1, -0.05) is 19.1 Å². The molecule has 0 aliphatic heterocycles. The van der Waals surface area contributed by atoms with E-state index >= 15 is 0 Å². The van der Waals surface area contributed by atoms with Crippen molar-refractivity contribution in [1.29, 1.82) is 0 Å². The highest BCUT2D eigenvalue weighted by molar-refractivity contribution is 9.10. The molecule has 1 aromatic carbocycles. The second-order valence-electron chi connectivity index (χ2n) is 3.88. The number of hydrogen-bond donors (Lipinski definition) is 0. The van der Waals surface area contributed by atoms with Crippen molar-refractivity contribution in [1.82, 2.24) is 0 Å². The second kappa shape index (κ2) is 5.36. The Balaban J connectivity index is 2.92. The number of rotatable bonds is 4. The van der Waals surface area contributed by atoms with Crippen molar-refractivity contribution in [2.75, 3.05) is 0 Å². The molecule has 0 N–H and O–H groups in total. The summed E-state index contributed by atoms with van der Waals surface area (Å²) in [5.74, 6) is 1.26. The van der Waals surface area contributed by atoms with Crippen molar-refractivity contribution in [2.24, 2.45) is 0 Å². The lowest BCUT2D eigenvalue weighted by molar-refractivity contribution is 0.241. The molecule has 1 unspecified atom stereocenters. The number of halogens is 1. The van der Waals surface area contributed by atoms with Gasteiger partial charge in [0, 0.05) is 0 Å². The lowest BCUT2D eigenvalue weighted by Gasteiger charge is -2.13. The summed E-state index contributed by atoms with van der Waals surface area (Å²) in [6.07, 6.45) is 2.13. The molecule has 0 radical (unpaired) electrons. The summed E-state index contributed by atoms with van der Waals surface area (Å²) in [6.45, 7) is 9.95. The summed E-state index contributed by atoms with van der Waals surface area (Å²) >= 11 is 3.51. The molecule has 1 rings (SSSR count). The molecule has 1 aromatic rings. The van der Waals surface area contributed by atoms with Crippen molar-refractivity contribution in [3.05, 3.63) is 40.9 Å². The lowest BCUT2D eigenvalue weighted by Crippen LogP contribution is -2.06. The van der Waals surface area contributed by atoms with Gasteiger partial charge in [-0.05, 0) is 53.4 Å². The van der Waals surface area contributed by atoms with Crippen molar-refractivity contribution in [3.63, 3.8) is 0 Å². The summed E-state index contributed by atoms with van der Waals surface area (Å²) in [7, 11) is 0. The van der Waals surface area contributed by atoms with Gasteiger partial charge >= 0.3 is 0 Å². The van der Waals surface area contributed by atoms with Crippen molar-refractivity contribution in [3.8, 4) is 5.75 Å². The van der Waals surface area contributed by atoms with E-state index in [-0.39, 0.29) is 6.10 Å². The van der Waals surface area contributed by atoms with Gasteiger partial charge in [0.05, 0.1) is 10.6 Å². The van der Waals surface area contributed by atoms with Gasteiger partial charge in [-0.3, -0.25) is 0 Å². The van der Waals surface area contributed by atoms with Gasteiger partial charge < -0.3 is 4.74 Å². The Morgan fingerprint density at radius 2 is 2.00 bits per heavy atom. The van der Waals surface area contributed by atoms with E-state index < -0.39 is 0 Å². The van der Waals surface area contributed by atoms with Gasteiger partial charge in [0.2, 0.25) is 0 Å². The smallest absolute Gasteiger partial charge is 0.133 e. The van der Waals surface area contributed by atoms with Crippen LogP contribution in [0.15, 0.2) is 35.3 Å². The van der Waals surface area contributed by atoms with Crippen LogP contribution in [0.2, 0.25) is 0 Å². The molecule has 15 heavy (non-hydrogen) atoms. The molecule has 1 nitrogen and oxygen atoms in total. The zero-order chi connectivity index (χ0) is 11.4. The highest BCUT2D eigenvalue weighted by atomic mass is 79.9. The summed E-state index contributed by atoms with van der Waals surface area (Å²) in [5.41, 5.74) is 1.24. The molecule has 0 saturated carbocycles. The zero-order valence-corrected chi connectivity index (χ0v) is 11.0.